The first-order valence-electron chi connectivity index (χ1n) is 4.09. The number of rotatable bonds is 0. The Kier molecular flexibility index (Phi) is 3.14. The molecule has 0 saturated carbocycles. The molecule has 0 bridgehead atoms. The zero-order chi connectivity index (χ0) is 10.6. The van der Waals surface area contributed by atoms with Crippen molar-refractivity contribution in [2.45, 2.75) is 6.92 Å². The molecule has 0 aliphatic heterocycles. The maximum atomic E-state index is 10.7. The molecule has 1 aromatic carbocycles. The molecule has 1 aromatic rings. The van der Waals surface area contributed by atoms with Crippen molar-refractivity contribution in [3.8, 4) is 11.8 Å². The summed E-state index contributed by atoms with van der Waals surface area (Å²) in [5.74, 6) is 4.39. The third-order valence-electron chi connectivity index (χ3n) is 1.69. The van der Waals surface area contributed by atoms with Crippen molar-refractivity contribution >= 4 is 11.7 Å². The van der Waals surface area contributed by atoms with Crippen LogP contribution in [-0.4, -0.2) is 13.1 Å². The van der Waals surface area contributed by atoms with E-state index in [9.17, 15) is 4.79 Å². The Hall–Kier alpha value is -1.95. The summed E-state index contributed by atoms with van der Waals surface area (Å²) in [6, 6.07) is 5.47. The Morgan fingerprint density at radius 1 is 1.50 bits per heavy atom. The quantitative estimate of drug-likeness (QED) is 0.378. The molecular formula is C11H11NO2. The summed E-state index contributed by atoms with van der Waals surface area (Å²) in [6.45, 7) is 1.94. The normalized spacial score (nSPS) is 8.71. The highest BCUT2D eigenvalue weighted by Crippen LogP contribution is 2.11. The number of methoxy groups -OCH3 is 1. The molecule has 0 unspecified atom stereocenters. The summed E-state index contributed by atoms with van der Waals surface area (Å²) in [6.07, 6.45) is 0. The van der Waals surface area contributed by atoms with Gasteiger partial charge in [-0.15, -0.1) is 0 Å². The van der Waals surface area contributed by atoms with Crippen molar-refractivity contribution in [1.29, 1.82) is 0 Å². The summed E-state index contributed by atoms with van der Waals surface area (Å²) >= 11 is 0. The first kappa shape index (κ1) is 10.1. The minimum absolute atomic E-state index is 0.565. The molecule has 0 radical (unpaired) electrons. The number of aryl methyl sites for hydroxylation is 1. The Morgan fingerprint density at radius 2 is 2.21 bits per heavy atom. The van der Waals surface area contributed by atoms with E-state index in [1.807, 2.05) is 13.0 Å². The number of carbonyl (C=O) groups is 1. The average molecular weight is 189 g/mol. The van der Waals surface area contributed by atoms with Crippen molar-refractivity contribution in [2.75, 3.05) is 12.8 Å². The molecule has 0 aliphatic rings. The van der Waals surface area contributed by atoms with E-state index in [0.29, 0.717) is 11.3 Å². The van der Waals surface area contributed by atoms with Crippen LogP contribution in [0.2, 0.25) is 0 Å². The SMILES string of the molecule is COC(=O)C#Cc1ccc(C)cc1N. The fourth-order valence-electron chi connectivity index (χ4n) is 0.965. The van der Waals surface area contributed by atoms with Crippen molar-refractivity contribution in [3.63, 3.8) is 0 Å². The van der Waals surface area contributed by atoms with Crippen molar-refractivity contribution < 1.29 is 9.53 Å². The Bertz CT molecular complexity index is 413. The van der Waals surface area contributed by atoms with Gasteiger partial charge in [0, 0.05) is 17.2 Å². The van der Waals surface area contributed by atoms with Crippen molar-refractivity contribution in [3.05, 3.63) is 29.3 Å². The Balaban J connectivity index is 2.96. The Morgan fingerprint density at radius 3 is 2.79 bits per heavy atom. The number of hydrogen-bond acceptors (Lipinski definition) is 3. The number of carbonyl (C=O) groups excluding carboxylic acids is 1. The van der Waals surface area contributed by atoms with Crippen LogP contribution in [0, 0.1) is 18.8 Å². The number of benzene rings is 1. The predicted octanol–water partition coefficient (Wildman–Crippen LogP) is 1.10. The van der Waals surface area contributed by atoms with Crippen LogP contribution in [0.15, 0.2) is 18.2 Å². The molecule has 2 N–H and O–H groups in total. The summed E-state index contributed by atoms with van der Waals surface area (Å²) < 4.78 is 4.38. The lowest BCUT2D eigenvalue weighted by molar-refractivity contribution is -0.133. The average Bonchev–Trinajstić information content (AvgIpc) is 2.16. The summed E-state index contributed by atoms with van der Waals surface area (Å²) in [5, 5.41) is 0. The third kappa shape index (κ3) is 2.53. The van der Waals surface area contributed by atoms with Crippen molar-refractivity contribution in [2.24, 2.45) is 0 Å². The van der Waals surface area contributed by atoms with Gasteiger partial charge < -0.3 is 10.5 Å². The van der Waals surface area contributed by atoms with E-state index in [-0.39, 0.29) is 0 Å². The second kappa shape index (κ2) is 4.33. The summed E-state index contributed by atoms with van der Waals surface area (Å²) in [4.78, 5) is 10.7. The van der Waals surface area contributed by atoms with Crippen LogP contribution in [0.4, 0.5) is 5.69 Å². The molecule has 3 nitrogen and oxygen atoms in total. The number of anilines is 1. The standard InChI is InChI=1S/C11H11NO2/c1-8-3-4-9(10(12)7-8)5-6-11(13)14-2/h3-4,7H,12H2,1-2H3. The van der Waals surface area contributed by atoms with Crippen LogP contribution in [0.3, 0.4) is 0 Å². The van der Waals surface area contributed by atoms with Crippen LogP contribution >= 0.6 is 0 Å². The maximum absolute atomic E-state index is 10.7. The summed E-state index contributed by atoms with van der Waals surface area (Å²) in [5.41, 5.74) is 7.97. The number of nitrogen functional groups attached to an aromatic ring is 1. The van der Waals surface area contributed by atoms with Gasteiger partial charge in [-0.1, -0.05) is 12.0 Å². The fraction of sp³-hybridized carbons (Fsp3) is 0.182. The molecule has 1 rings (SSSR count). The summed E-state index contributed by atoms with van der Waals surface area (Å²) in [7, 11) is 1.29. The predicted molar refractivity (Wildman–Crippen MR) is 54.5 cm³/mol. The first-order chi connectivity index (χ1) is 6.63. The van der Waals surface area contributed by atoms with Crippen molar-refractivity contribution in [1.82, 2.24) is 0 Å². The van der Waals surface area contributed by atoms with Gasteiger partial charge in [-0.3, -0.25) is 0 Å². The van der Waals surface area contributed by atoms with E-state index < -0.39 is 5.97 Å². The molecule has 0 atom stereocenters. The van der Waals surface area contributed by atoms with Gasteiger partial charge in [0.1, 0.15) is 0 Å². The lowest BCUT2D eigenvalue weighted by Crippen LogP contribution is -1.96. The van der Waals surface area contributed by atoms with Crippen LogP contribution < -0.4 is 5.73 Å². The van der Waals surface area contributed by atoms with Gasteiger partial charge in [0.25, 0.3) is 0 Å². The highest BCUT2D eigenvalue weighted by atomic mass is 16.5. The molecule has 0 saturated heterocycles. The molecular weight excluding hydrogens is 178 g/mol. The molecule has 72 valence electrons. The van der Waals surface area contributed by atoms with Crippen LogP contribution in [0.1, 0.15) is 11.1 Å². The van der Waals surface area contributed by atoms with Crippen LogP contribution in [-0.2, 0) is 9.53 Å². The van der Waals surface area contributed by atoms with E-state index >= 15 is 0 Å². The number of esters is 1. The van der Waals surface area contributed by atoms with Crippen LogP contribution in [0.5, 0.6) is 0 Å². The molecule has 3 heteroatoms. The molecule has 0 spiro atoms. The molecule has 0 aliphatic carbocycles. The zero-order valence-corrected chi connectivity index (χ0v) is 8.13. The van der Waals surface area contributed by atoms with Gasteiger partial charge in [0.05, 0.1) is 7.11 Å². The topological polar surface area (TPSA) is 52.3 Å². The Labute approximate surface area is 82.9 Å². The molecule has 0 fully saturated rings. The number of hydrogen-bond donors (Lipinski definition) is 1. The zero-order valence-electron chi connectivity index (χ0n) is 8.13. The van der Waals surface area contributed by atoms with Gasteiger partial charge in [-0.25, -0.2) is 4.79 Å². The molecule has 0 amide bonds. The third-order valence-corrected chi connectivity index (χ3v) is 1.69. The lowest BCUT2D eigenvalue weighted by Gasteiger charge is -1.98. The second-order valence-corrected chi connectivity index (χ2v) is 2.83. The highest BCUT2D eigenvalue weighted by Gasteiger charge is 1.96. The number of ether oxygens (including phenoxy) is 1. The minimum Gasteiger partial charge on any atom is -0.459 e. The largest absolute Gasteiger partial charge is 0.459 e. The van der Waals surface area contributed by atoms with E-state index in [4.69, 9.17) is 5.73 Å². The van der Waals surface area contributed by atoms with E-state index in [1.165, 1.54) is 7.11 Å². The maximum Gasteiger partial charge on any atom is 0.384 e. The van der Waals surface area contributed by atoms with Gasteiger partial charge in [-0.05, 0) is 24.6 Å². The van der Waals surface area contributed by atoms with Gasteiger partial charge in [-0.2, -0.15) is 0 Å². The van der Waals surface area contributed by atoms with E-state index in [2.05, 4.69) is 16.6 Å². The van der Waals surface area contributed by atoms with Gasteiger partial charge in [0.15, 0.2) is 0 Å². The number of nitrogens with two attached hydrogens (primary N) is 1. The smallest absolute Gasteiger partial charge is 0.384 e. The van der Waals surface area contributed by atoms with E-state index in [0.717, 1.165) is 5.56 Å². The van der Waals surface area contributed by atoms with Crippen LogP contribution in [0.25, 0.3) is 0 Å². The monoisotopic (exact) mass is 189 g/mol. The van der Waals surface area contributed by atoms with Gasteiger partial charge >= 0.3 is 5.97 Å². The second-order valence-electron chi connectivity index (χ2n) is 2.83. The molecule has 14 heavy (non-hydrogen) atoms. The lowest BCUT2D eigenvalue weighted by atomic mass is 10.1. The fourth-order valence-corrected chi connectivity index (χ4v) is 0.965. The van der Waals surface area contributed by atoms with Gasteiger partial charge in [0.2, 0.25) is 0 Å². The molecule has 0 aromatic heterocycles. The molecule has 0 heterocycles. The first-order valence-corrected chi connectivity index (χ1v) is 4.09. The minimum atomic E-state index is -0.565. The highest BCUT2D eigenvalue weighted by molar-refractivity contribution is 5.89. The van der Waals surface area contributed by atoms with E-state index in [1.54, 1.807) is 12.1 Å².